The summed E-state index contributed by atoms with van der Waals surface area (Å²) in [6.45, 7) is 2.45. The molecule has 7 heteroatoms. The average molecular weight is 305 g/mol. The molecule has 0 bridgehead atoms. The van der Waals surface area contributed by atoms with E-state index >= 15 is 0 Å². The van der Waals surface area contributed by atoms with Crippen molar-refractivity contribution in [2.75, 3.05) is 25.5 Å². The molecule has 7 nitrogen and oxygen atoms in total. The van der Waals surface area contributed by atoms with Crippen molar-refractivity contribution >= 4 is 17.9 Å². The summed E-state index contributed by atoms with van der Waals surface area (Å²) >= 11 is 0. The van der Waals surface area contributed by atoms with E-state index in [1.165, 1.54) is 7.11 Å². The van der Waals surface area contributed by atoms with Crippen molar-refractivity contribution in [2.45, 2.75) is 25.4 Å². The number of piperidine rings is 1. The first-order chi connectivity index (χ1) is 10.7. The van der Waals surface area contributed by atoms with Crippen molar-refractivity contribution in [3.8, 4) is 5.75 Å². The zero-order valence-electron chi connectivity index (χ0n) is 12.4. The Morgan fingerprint density at radius 3 is 2.82 bits per heavy atom. The average Bonchev–Trinajstić information content (AvgIpc) is 2.55. The first-order valence-corrected chi connectivity index (χ1v) is 7.34. The minimum atomic E-state index is -0.779. The van der Waals surface area contributed by atoms with Gasteiger partial charge in [0, 0.05) is 18.7 Å². The van der Waals surface area contributed by atoms with Crippen LogP contribution in [-0.2, 0) is 11.3 Å². The van der Waals surface area contributed by atoms with Crippen LogP contribution < -0.4 is 15.4 Å². The Labute approximate surface area is 128 Å². The van der Waals surface area contributed by atoms with Gasteiger partial charge in [0.05, 0.1) is 12.8 Å². The summed E-state index contributed by atoms with van der Waals surface area (Å²) in [6.07, 6.45) is 1.15. The molecule has 2 heterocycles. The molecule has 0 aromatic heterocycles. The fourth-order valence-electron chi connectivity index (χ4n) is 2.87. The van der Waals surface area contributed by atoms with E-state index in [0.29, 0.717) is 18.0 Å². The molecule has 1 aromatic rings. The Morgan fingerprint density at radius 1 is 1.32 bits per heavy atom. The molecule has 0 atom stereocenters. The maximum atomic E-state index is 12.3. The second kappa shape index (κ2) is 6.23. The second-order valence-corrected chi connectivity index (χ2v) is 5.41. The highest BCUT2D eigenvalue weighted by molar-refractivity contribution is 5.93. The molecule has 1 aromatic carbocycles. The number of benzene rings is 1. The molecule has 2 amide bonds. The fourth-order valence-corrected chi connectivity index (χ4v) is 2.87. The second-order valence-electron chi connectivity index (χ2n) is 5.41. The van der Waals surface area contributed by atoms with Gasteiger partial charge >= 0.3 is 12.2 Å². The Balaban J connectivity index is 1.75. The maximum absolute atomic E-state index is 12.3. The number of urea groups is 1. The van der Waals surface area contributed by atoms with Crippen LogP contribution in [0.5, 0.6) is 5.75 Å². The lowest BCUT2D eigenvalue weighted by Gasteiger charge is -2.37. The lowest BCUT2D eigenvalue weighted by atomic mass is 10.0. The van der Waals surface area contributed by atoms with Gasteiger partial charge in [0.1, 0.15) is 5.75 Å². The van der Waals surface area contributed by atoms with E-state index in [1.807, 2.05) is 11.0 Å². The number of hydrogen-bond donors (Lipinski definition) is 2. The third-order valence-electron chi connectivity index (χ3n) is 4.04. The summed E-state index contributed by atoms with van der Waals surface area (Å²) in [5.74, 6) is 0.348. The van der Waals surface area contributed by atoms with Crippen LogP contribution in [0.2, 0.25) is 0 Å². The van der Waals surface area contributed by atoms with Crippen LogP contribution in [0.4, 0.5) is 15.3 Å². The number of nitrogens with one attached hydrogen (secondary N) is 2. The van der Waals surface area contributed by atoms with E-state index in [9.17, 15) is 9.59 Å². The van der Waals surface area contributed by atoms with Crippen molar-refractivity contribution < 1.29 is 19.1 Å². The molecule has 0 spiro atoms. The number of amides is 2. The molecular formula is C15H19N3O4. The predicted octanol–water partition coefficient (Wildman–Crippen LogP) is 1.93. The van der Waals surface area contributed by atoms with Gasteiger partial charge in [-0.15, -0.1) is 0 Å². The first-order valence-electron chi connectivity index (χ1n) is 7.34. The molecule has 22 heavy (non-hydrogen) atoms. The minimum absolute atomic E-state index is 0.102. The predicted molar refractivity (Wildman–Crippen MR) is 79.9 cm³/mol. The lowest BCUT2D eigenvalue weighted by molar-refractivity contribution is 0.121. The van der Waals surface area contributed by atoms with Crippen molar-refractivity contribution in [2.24, 2.45) is 0 Å². The van der Waals surface area contributed by atoms with Crippen LogP contribution in [0, 0.1) is 0 Å². The number of methoxy groups -OCH3 is 1. The smallest absolute Gasteiger partial charge is 0.437 e. The van der Waals surface area contributed by atoms with Crippen molar-refractivity contribution in [3.05, 3.63) is 23.8 Å². The molecule has 0 unspecified atom stereocenters. The molecule has 2 aliphatic heterocycles. The monoisotopic (exact) mass is 305 g/mol. The van der Waals surface area contributed by atoms with Gasteiger partial charge in [-0.3, -0.25) is 0 Å². The minimum Gasteiger partial charge on any atom is -0.437 e. The molecule has 3 rings (SSSR count). The largest absolute Gasteiger partial charge is 0.513 e. The highest BCUT2D eigenvalue weighted by Crippen LogP contribution is 2.30. The van der Waals surface area contributed by atoms with Gasteiger partial charge in [-0.1, -0.05) is 6.07 Å². The summed E-state index contributed by atoms with van der Waals surface area (Å²) in [5, 5.41) is 6.17. The number of fused-ring (bicyclic) bond motifs is 1. The Hall–Kier alpha value is -2.28. The van der Waals surface area contributed by atoms with Crippen molar-refractivity contribution in [1.82, 2.24) is 10.2 Å². The van der Waals surface area contributed by atoms with Gasteiger partial charge < -0.3 is 25.0 Å². The molecule has 0 saturated carbocycles. The van der Waals surface area contributed by atoms with E-state index < -0.39 is 6.16 Å². The number of rotatable bonds is 2. The molecule has 0 radical (unpaired) electrons. The Morgan fingerprint density at radius 2 is 2.09 bits per heavy atom. The number of ether oxygens (including phenoxy) is 2. The number of hydrogen-bond acceptors (Lipinski definition) is 5. The van der Waals surface area contributed by atoms with E-state index in [0.717, 1.165) is 31.5 Å². The quantitative estimate of drug-likeness (QED) is 0.644. The van der Waals surface area contributed by atoms with E-state index in [-0.39, 0.29) is 12.1 Å². The van der Waals surface area contributed by atoms with Crippen molar-refractivity contribution in [3.63, 3.8) is 0 Å². The number of carbonyl (C=O) groups is 2. The van der Waals surface area contributed by atoms with Crippen LogP contribution in [-0.4, -0.2) is 43.3 Å². The zero-order chi connectivity index (χ0) is 15.5. The zero-order valence-corrected chi connectivity index (χ0v) is 12.4. The first kappa shape index (κ1) is 14.6. The van der Waals surface area contributed by atoms with Crippen LogP contribution >= 0.6 is 0 Å². The van der Waals surface area contributed by atoms with Crippen LogP contribution in [0.1, 0.15) is 18.4 Å². The molecule has 2 N–H and O–H groups in total. The highest BCUT2D eigenvalue weighted by atomic mass is 16.7. The van der Waals surface area contributed by atoms with Crippen LogP contribution in [0.15, 0.2) is 18.2 Å². The topological polar surface area (TPSA) is 79.9 Å². The number of nitrogens with zero attached hydrogens (tertiary/aromatic N) is 1. The standard InChI is InChI=1S/C15H19N3O4/c1-21-15(20)22-12-3-2-10-9-18(11-4-6-16-7-5-11)14(19)17-13(10)8-12/h2-3,8,11,16H,4-7,9H2,1H3,(H,17,19). The van der Waals surface area contributed by atoms with Crippen LogP contribution in [0.3, 0.4) is 0 Å². The summed E-state index contributed by atoms with van der Waals surface area (Å²) in [5.41, 5.74) is 1.69. The summed E-state index contributed by atoms with van der Waals surface area (Å²) in [7, 11) is 1.25. The van der Waals surface area contributed by atoms with Crippen LogP contribution in [0.25, 0.3) is 0 Å². The van der Waals surface area contributed by atoms with E-state index in [2.05, 4.69) is 15.4 Å². The van der Waals surface area contributed by atoms with E-state index in [1.54, 1.807) is 12.1 Å². The number of carbonyl (C=O) groups excluding carboxylic acids is 2. The molecule has 2 aliphatic rings. The lowest BCUT2D eigenvalue weighted by Crippen LogP contribution is -2.49. The Bertz CT molecular complexity index is 584. The van der Waals surface area contributed by atoms with Gasteiger partial charge in [0.15, 0.2) is 0 Å². The van der Waals surface area contributed by atoms with Gasteiger partial charge in [-0.25, -0.2) is 9.59 Å². The van der Waals surface area contributed by atoms with E-state index in [4.69, 9.17) is 4.74 Å². The molecule has 1 saturated heterocycles. The van der Waals surface area contributed by atoms with Crippen molar-refractivity contribution in [1.29, 1.82) is 0 Å². The summed E-state index contributed by atoms with van der Waals surface area (Å²) < 4.78 is 9.43. The normalized spacial score (nSPS) is 18.4. The van der Waals surface area contributed by atoms with Gasteiger partial charge in [0.2, 0.25) is 0 Å². The van der Waals surface area contributed by atoms with Gasteiger partial charge in [-0.2, -0.15) is 0 Å². The molecule has 118 valence electrons. The highest BCUT2D eigenvalue weighted by Gasteiger charge is 2.30. The maximum Gasteiger partial charge on any atom is 0.513 e. The SMILES string of the molecule is COC(=O)Oc1ccc2c(c1)NC(=O)N(C1CCNCC1)C2. The van der Waals surface area contributed by atoms with Gasteiger partial charge in [0.25, 0.3) is 0 Å². The summed E-state index contributed by atoms with van der Waals surface area (Å²) in [4.78, 5) is 25.3. The van der Waals surface area contributed by atoms with Gasteiger partial charge in [-0.05, 0) is 37.6 Å². The summed E-state index contributed by atoms with van der Waals surface area (Å²) in [6, 6.07) is 5.37. The Kier molecular flexibility index (Phi) is 4.15. The molecule has 1 fully saturated rings. The molecular weight excluding hydrogens is 286 g/mol. The fraction of sp³-hybridized carbons (Fsp3) is 0.467. The third-order valence-corrected chi connectivity index (χ3v) is 4.04. The molecule has 0 aliphatic carbocycles. The number of anilines is 1. The third kappa shape index (κ3) is 2.99.